The van der Waals surface area contributed by atoms with Gasteiger partial charge in [-0.1, -0.05) is 18.2 Å². The summed E-state index contributed by atoms with van der Waals surface area (Å²) in [5, 5.41) is 0.326. The zero-order chi connectivity index (χ0) is 18.9. The summed E-state index contributed by atoms with van der Waals surface area (Å²) in [6.45, 7) is 3.42. The van der Waals surface area contributed by atoms with Crippen molar-refractivity contribution in [2.45, 2.75) is 26.1 Å². The summed E-state index contributed by atoms with van der Waals surface area (Å²) in [6.07, 6.45) is -4.55. The molecule has 0 aromatic heterocycles. The van der Waals surface area contributed by atoms with Crippen LogP contribution in [0.3, 0.4) is 0 Å². The van der Waals surface area contributed by atoms with E-state index in [2.05, 4.69) is 0 Å². The molecule has 2 rings (SSSR count). The fourth-order valence-corrected chi connectivity index (χ4v) is 3.13. The minimum Gasteiger partial charge on any atom is -0.463 e. The van der Waals surface area contributed by atoms with Crippen molar-refractivity contribution in [1.82, 2.24) is 9.80 Å². The normalized spacial score (nSPS) is 18.7. The number of allylic oxidation sites excluding steroid dienone is 1. The van der Waals surface area contributed by atoms with Crippen molar-refractivity contribution in [3.05, 3.63) is 46.7 Å². The van der Waals surface area contributed by atoms with Crippen molar-refractivity contribution >= 4 is 23.3 Å². The van der Waals surface area contributed by atoms with Crippen LogP contribution in [0.25, 0.3) is 0 Å². The van der Waals surface area contributed by atoms with E-state index in [-0.39, 0.29) is 17.7 Å². The lowest BCUT2D eigenvalue weighted by molar-refractivity contribution is -0.141. The number of hydrogen-bond acceptors (Lipinski definition) is 3. The third-order valence-corrected chi connectivity index (χ3v) is 4.76. The highest BCUT2D eigenvalue weighted by molar-refractivity contribution is 7.80. The molecule has 0 aliphatic carbocycles. The van der Waals surface area contributed by atoms with Gasteiger partial charge in [-0.25, -0.2) is 4.79 Å². The van der Waals surface area contributed by atoms with Crippen molar-refractivity contribution in [3.8, 4) is 0 Å². The van der Waals surface area contributed by atoms with Gasteiger partial charge in [0.1, 0.15) is 0 Å². The Bertz CT molecular complexity index is 731. The van der Waals surface area contributed by atoms with E-state index in [1.54, 1.807) is 32.8 Å². The second-order valence-corrected chi connectivity index (χ2v) is 6.02. The molecule has 0 saturated heterocycles. The zero-order valence-corrected chi connectivity index (χ0v) is 15.2. The molecular formula is C17H19F3N2O2S. The fourth-order valence-electron chi connectivity index (χ4n) is 2.89. The summed E-state index contributed by atoms with van der Waals surface area (Å²) < 4.78 is 45.5. The molecule has 0 fully saturated rings. The number of benzene rings is 1. The van der Waals surface area contributed by atoms with Crippen LogP contribution in [0, 0.1) is 0 Å². The summed E-state index contributed by atoms with van der Waals surface area (Å²) in [5.74, 6) is -0.650. The van der Waals surface area contributed by atoms with Gasteiger partial charge in [-0.2, -0.15) is 13.2 Å². The van der Waals surface area contributed by atoms with Gasteiger partial charge in [0.15, 0.2) is 5.11 Å². The molecular weight excluding hydrogens is 353 g/mol. The Kier molecular flexibility index (Phi) is 5.41. The molecule has 0 radical (unpaired) electrons. The van der Waals surface area contributed by atoms with Crippen molar-refractivity contribution in [2.24, 2.45) is 0 Å². The Morgan fingerprint density at radius 1 is 1.28 bits per heavy atom. The molecule has 0 spiro atoms. The first-order chi connectivity index (χ1) is 11.6. The van der Waals surface area contributed by atoms with E-state index in [9.17, 15) is 18.0 Å². The summed E-state index contributed by atoms with van der Waals surface area (Å²) in [5.41, 5.74) is -0.204. The Hall–Kier alpha value is -2.09. The molecule has 136 valence electrons. The van der Waals surface area contributed by atoms with Gasteiger partial charge in [0.05, 0.1) is 23.8 Å². The maximum Gasteiger partial charge on any atom is 0.416 e. The van der Waals surface area contributed by atoms with Crippen LogP contribution in [0.1, 0.15) is 31.0 Å². The van der Waals surface area contributed by atoms with Gasteiger partial charge >= 0.3 is 12.1 Å². The largest absolute Gasteiger partial charge is 0.463 e. The van der Waals surface area contributed by atoms with Crippen LogP contribution in [0.15, 0.2) is 35.5 Å². The second-order valence-electron chi connectivity index (χ2n) is 5.66. The third-order valence-electron chi connectivity index (χ3n) is 4.20. The molecule has 1 aromatic rings. The SMILES string of the molecule is CCOC(=O)C1=C(C)N(C)C(=S)N(C)C1c1ccccc1C(F)(F)F. The number of ether oxygens (including phenoxy) is 1. The molecule has 1 aliphatic rings. The van der Waals surface area contributed by atoms with E-state index in [1.165, 1.54) is 23.1 Å². The predicted octanol–water partition coefficient (Wildman–Crippen LogP) is 3.75. The Morgan fingerprint density at radius 2 is 1.88 bits per heavy atom. The monoisotopic (exact) mass is 372 g/mol. The molecule has 0 bridgehead atoms. The van der Waals surface area contributed by atoms with Crippen LogP contribution in [0.4, 0.5) is 13.2 Å². The van der Waals surface area contributed by atoms with Crippen LogP contribution >= 0.6 is 12.2 Å². The van der Waals surface area contributed by atoms with Crippen molar-refractivity contribution in [2.75, 3.05) is 20.7 Å². The van der Waals surface area contributed by atoms with Gasteiger partial charge in [-0.15, -0.1) is 0 Å². The van der Waals surface area contributed by atoms with Gasteiger partial charge in [-0.3, -0.25) is 0 Å². The molecule has 4 nitrogen and oxygen atoms in total. The summed E-state index contributed by atoms with van der Waals surface area (Å²) >= 11 is 5.33. The highest BCUT2D eigenvalue weighted by Gasteiger charge is 2.42. The summed E-state index contributed by atoms with van der Waals surface area (Å²) in [4.78, 5) is 15.6. The van der Waals surface area contributed by atoms with Gasteiger partial charge < -0.3 is 14.5 Å². The van der Waals surface area contributed by atoms with E-state index in [1.807, 2.05) is 0 Å². The molecule has 1 heterocycles. The van der Waals surface area contributed by atoms with Crippen molar-refractivity contribution < 1.29 is 22.7 Å². The first-order valence-electron chi connectivity index (χ1n) is 7.65. The molecule has 8 heteroatoms. The standard InChI is InChI=1S/C17H19F3N2O2S/c1-5-24-15(23)13-10(2)21(3)16(25)22(4)14(13)11-8-6-7-9-12(11)17(18,19)20/h6-9,14H,5H2,1-4H3. The van der Waals surface area contributed by atoms with Gasteiger partial charge in [0.25, 0.3) is 0 Å². The molecule has 25 heavy (non-hydrogen) atoms. The summed E-state index contributed by atoms with van der Waals surface area (Å²) in [6, 6.07) is 4.23. The third kappa shape index (κ3) is 3.49. The number of halogens is 3. The molecule has 0 amide bonds. The number of esters is 1. The van der Waals surface area contributed by atoms with Crippen LogP contribution in [-0.2, 0) is 15.7 Å². The predicted molar refractivity (Wildman–Crippen MR) is 91.6 cm³/mol. The van der Waals surface area contributed by atoms with Gasteiger partial charge in [-0.05, 0) is 37.7 Å². The summed E-state index contributed by atoms with van der Waals surface area (Å²) in [7, 11) is 3.24. The number of carbonyl (C=O) groups excluding carboxylic acids is 1. The topological polar surface area (TPSA) is 32.8 Å². The maximum atomic E-state index is 13.5. The minimum absolute atomic E-state index is 0.0321. The van der Waals surface area contributed by atoms with Gasteiger partial charge in [0, 0.05) is 19.8 Å². The van der Waals surface area contributed by atoms with Crippen LogP contribution in [0.5, 0.6) is 0 Å². The van der Waals surface area contributed by atoms with E-state index in [4.69, 9.17) is 17.0 Å². The molecule has 1 aromatic carbocycles. The lowest BCUT2D eigenvalue weighted by Gasteiger charge is -2.42. The Labute approximate surface area is 149 Å². The van der Waals surface area contributed by atoms with Crippen molar-refractivity contribution in [1.29, 1.82) is 0 Å². The number of carbonyl (C=O) groups is 1. The number of likely N-dealkylation sites (N-methyl/N-ethyl adjacent to an activating group) is 1. The van der Waals surface area contributed by atoms with Crippen LogP contribution < -0.4 is 0 Å². The highest BCUT2D eigenvalue weighted by Crippen LogP contribution is 2.42. The number of alkyl halides is 3. The Balaban J connectivity index is 2.72. The van der Waals surface area contributed by atoms with E-state index in [0.29, 0.717) is 10.8 Å². The minimum atomic E-state index is -4.55. The average Bonchev–Trinajstić information content (AvgIpc) is 2.55. The number of hydrogen-bond donors (Lipinski definition) is 0. The molecule has 0 saturated carbocycles. The van der Waals surface area contributed by atoms with Crippen LogP contribution in [0.2, 0.25) is 0 Å². The maximum absolute atomic E-state index is 13.5. The highest BCUT2D eigenvalue weighted by atomic mass is 32.1. The molecule has 1 unspecified atom stereocenters. The second kappa shape index (κ2) is 7.03. The molecule has 0 N–H and O–H groups in total. The number of nitrogens with zero attached hydrogens (tertiary/aromatic N) is 2. The first kappa shape index (κ1) is 19.2. The number of rotatable bonds is 3. The molecule has 1 aliphatic heterocycles. The lowest BCUT2D eigenvalue weighted by Crippen LogP contribution is -2.47. The average molecular weight is 372 g/mol. The lowest BCUT2D eigenvalue weighted by atomic mass is 9.90. The Morgan fingerprint density at radius 3 is 2.44 bits per heavy atom. The first-order valence-corrected chi connectivity index (χ1v) is 8.06. The van der Waals surface area contributed by atoms with Crippen molar-refractivity contribution in [3.63, 3.8) is 0 Å². The van der Waals surface area contributed by atoms with E-state index >= 15 is 0 Å². The fraction of sp³-hybridized carbons (Fsp3) is 0.412. The smallest absolute Gasteiger partial charge is 0.416 e. The van der Waals surface area contributed by atoms with Crippen LogP contribution in [-0.4, -0.2) is 41.6 Å². The van der Waals surface area contributed by atoms with Gasteiger partial charge in [0.2, 0.25) is 0 Å². The number of thiocarbonyl (C=S) groups is 1. The quantitative estimate of drug-likeness (QED) is 0.596. The van der Waals surface area contributed by atoms with E-state index < -0.39 is 23.8 Å². The molecule has 1 atom stereocenters. The van der Waals surface area contributed by atoms with E-state index in [0.717, 1.165) is 6.07 Å². The zero-order valence-electron chi connectivity index (χ0n) is 14.3.